The van der Waals surface area contributed by atoms with Gasteiger partial charge in [0.25, 0.3) is 0 Å². The van der Waals surface area contributed by atoms with Gasteiger partial charge in [-0.2, -0.15) is 4.39 Å². The molecule has 1 aliphatic heterocycles. The number of nitro benzene ring substituents is 1. The van der Waals surface area contributed by atoms with E-state index in [-0.39, 0.29) is 23.1 Å². The van der Waals surface area contributed by atoms with Gasteiger partial charge in [0.05, 0.1) is 29.4 Å². The molecule has 1 N–H and O–H groups in total. The van der Waals surface area contributed by atoms with Crippen molar-refractivity contribution in [1.29, 1.82) is 0 Å². The molecule has 0 radical (unpaired) electrons. The number of para-hydroxylation sites is 1. The quantitative estimate of drug-likeness (QED) is 0.349. The van der Waals surface area contributed by atoms with Gasteiger partial charge in [-0.3, -0.25) is 10.1 Å². The number of aromatic nitrogens is 3. The summed E-state index contributed by atoms with van der Waals surface area (Å²) in [5, 5.41) is 14.8. The molecule has 0 bridgehead atoms. The summed E-state index contributed by atoms with van der Waals surface area (Å²) < 4.78 is 35.9. The highest BCUT2D eigenvalue weighted by atomic mass is 19.1. The molecule has 1 aliphatic rings. The number of methoxy groups -OCH3 is 1. The Morgan fingerprint density at radius 1 is 1.25 bits per heavy atom. The van der Waals surface area contributed by atoms with E-state index in [1.807, 2.05) is 18.3 Å². The van der Waals surface area contributed by atoms with Gasteiger partial charge in [0.15, 0.2) is 5.82 Å². The van der Waals surface area contributed by atoms with E-state index < -0.39 is 22.2 Å². The fourth-order valence-electron chi connectivity index (χ4n) is 4.13. The van der Waals surface area contributed by atoms with Gasteiger partial charge in [-0.1, -0.05) is 18.2 Å². The monoisotopic (exact) mass is 437 g/mol. The maximum absolute atomic E-state index is 14.8. The molecule has 32 heavy (non-hydrogen) atoms. The van der Waals surface area contributed by atoms with Gasteiger partial charge >= 0.3 is 5.69 Å². The van der Waals surface area contributed by atoms with Crippen LogP contribution in [0, 0.1) is 21.7 Å². The third-order valence-corrected chi connectivity index (χ3v) is 5.54. The van der Waals surface area contributed by atoms with Gasteiger partial charge in [-0.25, -0.2) is 14.4 Å². The predicted molar refractivity (Wildman–Crippen MR) is 114 cm³/mol. The summed E-state index contributed by atoms with van der Waals surface area (Å²) in [5.41, 5.74) is 2.35. The Balaban J connectivity index is 1.60. The first-order valence-electron chi connectivity index (χ1n) is 9.89. The van der Waals surface area contributed by atoms with Crippen LogP contribution in [0.1, 0.15) is 12.0 Å². The van der Waals surface area contributed by atoms with Crippen LogP contribution in [0.15, 0.2) is 42.7 Å². The minimum absolute atomic E-state index is 0.00691. The molecule has 2 aromatic carbocycles. The van der Waals surface area contributed by atoms with Crippen molar-refractivity contribution >= 4 is 28.2 Å². The number of ether oxygens (including phenoxy) is 1. The van der Waals surface area contributed by atoms with E-state index in [1.54, 1.807) is 0 Å². The molecule has 0 fully saturated rings. The van der Waals surface area contributed by atoms with Crippen molar-refractivity contribution in [3.8, 4) is 17.0 Å². The summed E-state index contributed by atoms with van der Waals surface area (Å²) >= 11 is 0. The number of rotatable bonds is 5. The molecule has 0 aliphatic carbocycles. The topological polar surface area (TPSA) is 95.1 Å². The normalized spacial score (nSPS) is 12.7. The second-order valence-electron chi connectivity index (χ2n) is 7.43. The van der Waals surface area contributed by atoms with E-state index in [1.165, 1.54) is 12.7 Å². The predicted octanol–water partition coefficient (Wildman–Crippen LogP) is 4.98. The fraction of sp³-hybridized carbons (Fsp3) is 0.182. The molecule has 2 aromatic heterocycles. The number of anilines is 2. The summed E-state index contributed by atoms with van der Waals surface area (Å²) in [4.78, 5) is 18.5. The molecule has 0 atom stereocenters. The van der Waals surface area contributed by atoms with Crippen molar-refractivity contribution in [2.45, 2.75) is 19.4 Å². The Labute approximate surface area is 180 Å². The summed E-state index contributed by atoms with van der Waals surface area (Å²) in [7, 11) is 1.30. The van der Waals surface area contributed by atoms with Gasteiger partial charge in [0, 0.05) is 35.8 Å². The summed E-state index contributed by atoms with van der Waals surface area (Å²) in [6.45, 7) is 0.835. The highest BCUT2D eigenvalue weighted by Gasteiger charge is 2.22. The first-order chi connectivity index (χ1) is 15.5. The number of hydrogen-bond acceptors (Lipinski definition) is 6. The van der Waals surface area contributed by atoms with Crippen molar-refractivity contribution in [1.82, 2.24) is 14.5 Å². The van der Waals surface area contributed by atoms with Crippen LogP contribution >= 0.6 is 0 Å². The van der Waals surface area contributed by atoms with Gasteiger partial charge in [0.2, 0.25) is 11.8 Å². The summed E-state index contributed by atoms with van der Waals surface area (Å²) in [6, 6.07) is 7.82. The molecular weight excluding hydrogens is 420 g/mol. The third kappa shape index (κ3) is 3.20. The highest BCUT2D eigenvalue weighted by Crippen LogP contribution is 2.37. The van der Waals surface area contributed by atoms with Crippen LogP contribution in [0.4, 0.5) is 26.1 Å². The van der Waals surface area contributed by atoms with Crippen molar-refractivity contribution in [3.05, 3.63) is 70.0 Å². The molecule has 0 saturated heterocycles. The molecule has 0 amide bonds. The van der Waals surface area contributed by atoms with Gasteiger partial charge in [-0.15, -0.1) is 0 Å². The minimum Gasteiger partial charge on any atom is -0.494 e. The van der Waals surface area contributed by atoms with Crippen LogP contribution < -0.4 is 10.1 Å². The molecule has 0 saturated carbocycles. The average molecular weight is 437 g/mol. The minimum atomic E-state index is -1.03. The molecule has 5 rings (SSSR count). The first kappa shape index (κ1) is 19.9. The van der Waals surface area contributed by atoms with Crippen LogP contribution in [-0.2, 0) is 13.0 Å². The van der Waals surface area contributed by atoms with Crippen LogP contribution in [-0.4, -0.2) is 26.6 Å². The second-order valence-corrected chi connectivity index (χ2v) is 7.43. The molecule has 162 valence electrons. The van der Waals surface area contributed by atoms with E-state index in [2.05, 4.69) is 25.9 Å². The van der Waals surface area contributed by atoms with Crippen molar-refractivity contribution in [2.24, 2.45) is 0 Å². The van der Waals surface area contributed by atoms with Crippen molar-refractivity contribution < 1.29 is 18.4 Å². The molecule has 0 unspecified atom stereocenters. The third-order valence-electron chi connectivity index (χ3n) is 5.54. The first-order valence-corrected chi connectivity index (χ1v) is 9.89. The molecule has 0 spiro atoms. The average Bonchev–Trinajstić information content (AvgIpc) is 3.16. The van der Waals surface area contributed by atoms with Gasteiger partial charge in [0.1, 0.15) is 11.4 Å². The highest BCUT2D eigenvalue weighted by molar-refractivity contribution is 5.97. The zero-order chi connectivity index (χ0) is 22.4. The van der Waals surface area contributed by atoms with E-state index in [0.717, 1.165) is 48.6 Å². The molecule has 8 nitrogen and oxygen atoms in total. The second kappa shape index (κ2) is 7.56. The standard InChI is InChI=1S/C22H17F2N5O3/c1-32-19-8-15(23)18(29(30)31)9-17(19)26-22-25-10-16(24)20(27-22)14-11-28-7-3-5-12-4-2-6-13(14)21(12)28/h2,4,6,8-11H,3,5,7H2,1H3,(H,25,26,27). The largest absolute Gasteiger partial charge is 0.494 e. The Morgan fingerprint density at radius 3 is 2.88 bits per heavy atom. The van der Waals surface area contributed by atoms with E-state index in [0.29, 0.717) is 5.56 Å². The van der Waals surface area contributed by atoms with Crippen LogP contribution in [0.2, 0.25) is 0 Å². The Kier molecular flexibility index (Phi) is 4.69. The smallest absolute Gasteiger partial charge is 0.307 e. The summed E-state index contributed by atoms with van der Waals surface area (Å²) in [5.74, 6) is -1.62. The molecule has 10 heteroatoms. The number of nitrogens with one attached hydrogen (secondary N) is 1. The van der Waals surface area contributed by atoms with Gasteiger partial charge < -0.3 is 14.6 Å². The number of nitrogens with zero attached hydrogens (tertiary/aromatic N) is 4. The maximum atomic E-state index is 14.8. The lowest BCUT2D eigenvalue weighted by molar-refractivity contribution is -0.387. The van der Waals surface area contributed by atoms with Crippen LogP contribution in [0.3, 0.4) is 0 Å². The number of halogens is 2. The lowest BCUT2D eigenvalue weighted by Crippen LogP contribution is -2.05. The van der Waals surface area contributed by atoms with E-state index in [4.69, 9.17) is 4.74 Å². The van der Waals surface area contributed by atoms with Crippen LogP contribution in [0.5, 0.6) is 5.75 Å². The molecule has 4 aromatic rings. The number of nitro groups is 1. The van der Waals surface area contributed by atoms with Crippen molar-refractivity contribution in [2.75, 3.05) is 12.4 Å². The Hall–Kier alpha value is -4.08. The fourth-order valence-corrected chi connectivity index (χ4v) is 4.13. The lowest BCUT2D eigenvalue weighted by Gasteiger charge is -2.14. The maximum Gasteiger partial charge on any atom is 0.307 e. The number of hydrogen-bond donors (Lipinski definition) is 1. The lowest BCUT2D eigenvalue weighted by atomic mass is 10.0. The Morgan fingerprint density at radius 2 is 2.09 bits per heavy atom. The Bertz CT molecular complexity index is 1390. The number of benzene rings is 2. The SMILES string of the molecule is COc1cc(F)c([N+](=O)[O-])cc1Nc1ncc(F)c(-c2cn3c4c(cccc24)CCC3)n1. The van der Waals surface area contributed by atoms with Crippen molar-refractivity contribution in [3.63, 3.8) is 0 Å². The summed E-state index contributed by atoms with van der Waals surface area (Å²) in [6.07, 6.45) is 4.87. The van der Waals surface area contributed by atoms with E-state index >= 15 is 0 Å². The number of aryl methyl sites for hydroxylation is 2. The molecule has 3 heterocycles. The van der Waals surface area contributed by atoms with Gasteiger partial charge in [-0.05, 0) is 18.4 Å². The van der Waals surface area contributed by atoms with Crippen LogP contribution in [0.25, 0.3) is 22.2 Å². The zero-order valence-corrected chi connectivity index (χ0v) is 16.9. The van der Waals surface area contributed by atoms with E-state index in [9.17, 15) is 18.9 Å². The molecular formula is C22H17F2N5O3. The zero-order valence-electron chi connectivity index (χ0n) is 16.9.